The third kappa shape index (κ3) is 4.24. The number of pyridine rings is 1. The second-order valence-electron chi connectivity index (χ2n) is 7.75. The predicted molar refractivity (Wildman–Crippen MR) is 113 cm³/mol. The molecular weight excluding hydrogens is 441 g/mol. The Labute approximate surface area is 187 Å². The van der Waals surface area contributed by atoms with E-state index in [1.165, 1.54) is 35.4 Å². The maximum atomic E-state index is 15.0. The lowest BCUT2D eigenvalue weighted by atomic mass is 9.94. The van der Waals surface area contributed by atoms with Gasteiger partial charge in [-0.05, 0) is 48.1 Å². The topological polar surface area (TPSA) is 63.9 Å². The molecule has 1 aliphatic heterocycles. The zero-order valence-electron chi connectivity index (χ0n) is 17.5. The molecule has 2 radical (unpaired) electrons. The molecule has 0 bridgehead atoms. The number of amides is 1. The number of fused-ring (bicyclic) bond motifs is 1. The molecule has 0 atom stereocenters. The summed E-state index contributed by atoms with van der Waals surface area (Å²) in [6, 6.07) is 6.45. The van der Waals surface area contributed by atoms with Crippen LogP contribution in [0.3, 0.4) is 0 Å². The van der Waals surface area contributed by atoms with Gasteiger partial charge < -0.3 is 9.64 Å². The molecule has 1 aliphatic rings. The Morgan fingerprint density at radius 3 is 2.58 bits per heavy atom. The first-order valence-corrected chi connectivity index (χ1v) is 10.1. The van der Waals surface area contributed by atoms with E-state index < -0.39 is 34.6 Å². The summed E-state index contributed by atoms with van der Waals surface area (Å²) >= 11 is 0. The number of carbonyl (C=O) groups excluding carboxylic acids is 1. The number of nitrogens with zero attached hydrogens (tertiary/aromatic N) is 3. The average Bonchev–Trinajstić information content (AvgIpc) is 2.79. The lowest BCUT2D eigenvalue weighted by molar-refractivity contribution is -0.140. The number of carbonyl (C=O) groups is 1. The van der Waals surface area contributed by atoms with Crippen LogP contribution in [0.1, 0.15) is 28.9 Å². The van der Waals surface area contributed by atoms with Crippen LogP contribution >= 0.6 is 0 Å². The highest BCUT2D eigenvalue weighted by Gasteiger charge is 2.36. The molecule has 11 heteroatoms. The van der Waals surface area contributed by atoms with E-state index >= 15 is 0 Å². The van der Waals surface area contributed by atoms with Crippen LogP contribution in [0.25, 0.3) is 16.8 Å². The van der Waals surface area contributed by atoms with Crippen molar-refractivity contribution < 1.29 is 27.1 Å². The van der Waals surface area contributed by atoms with Crippen molar-refractivity contribution in [1.29, 1.82) is 0 Å². The van der Waals surface area contributed by atoms with Crippen molar-refractivity contribution in [2.45, 2.75) is 25.1 Å². The Hall–Kier alpha value is -3.21. The molecule has 1 saturated heterocycles. The molecule has 6 nitrogen and oxygen atoms in total. The standard InChI is InChI=1S/C22H18BF4N3O3/c1-29(13-6-9-33-10-7-13)20(31)15-5-4-12(11-16(15)24)14-3-2-8-30-19(14)28-18(22(25,26)27)17(23)21(30)32/h2-5,8,11,13H,6-7,9-10H2,1H3. The van der Waals surface area contributed by atoms with Gasteiger partial charge in [0, 0.05) is 38.1 Å². The van der Waals surface area contributed by atoms with Gasteiger partial charge in [0.15, 0.2) is 0 Å². The Kier molecular flexibility index (Phi) is 6.00. The number of hydrogen-bond acceptors (Lipinski definition) is 4. The van der Waals surface area contributed by atoms with Gasteiger partial charge in [-0.25, -0.2) is 9.37 Å². The van der Waals surface area contributed by atoms with Crippen LogP contribution < -0.4 is 11.0 Å². The number of hydrogen-bond donors (Lipinski definition) is 0. The Morgan fingerprint density at radius 2 is 1.94 bits per heavy atom. The van der Waals surface area contributed by atoms with E-state index in [1.54, 1.807) is 7.05 Å². The van der Waals surface area contributed by atoms with Gasteiger partial charge in [0.1, 0.15) is 25.0 Å². The fraction of sp³-hybridized carbons (Fsp3) is 0.318. The van der Waals surface area contributed by atoms with E-state index in [2.05, 4.69) is 4.98 Å². The number of benzene rings is 1. The normalized spacial score (nSPS) is 15.1. The van der Waals surface area contributed by atoms with Gasteiger partial charge in [0.2, 0.25) is 0 Å². The Bertz CT molecular complexity index is 1290. The zero-order valence-corrected chi connectivity index (χ0v) is 17.5. The lowest BCUT2D eigenvalue weighted by Crippen LogP contribution is -2.40. The van der Waals surface area contributed by atoms with Gasteiger partial charge in [-0.1, -0.05) is 6.07 Å². The van der Waals surface area contributed by atoms with E-state index in [-0.39, 0.29) is 28.4 Å². The number of rotatable bonds is 3. The van der Waals surface area contributed by atoms with Crippen LogP contribution in [0.5, 0.6) is 0 Å². The first kappa shape index (κ1) is 23.0. The molecule has 1 amide bonds. The molecular formula is C22H18BF4N3O3. The van der Waals surface area contributed by atoms with Crippen LogP contribution in [0, 0.1) is 5.82 Å². The fourth-order valence-corrected chi connectivity index (χ4v) is 3.90. The summed E-state index contributed by atoms with van der Waals surface area (Å²) < 4.78 is 61.1. The monoisotopic (exact) mass is 459 g/mol. The number of alkyl halides is 3. The van der Waals surface area contributed by atoms with Crippen LogP contribution in [0.4, 0.5) is 17.6 Å². The zero-order chi connectivity index (χ0) is 23.9. The largest absolute Gasteiger partial charge is 0.433 e. The van der Waals surface area contributed by atoms with Gasteiger partial charge in [-0.3, -0.25) is 14.0 Å². The predicted octanol–water partition coefficient (Wildman–Crippen LogP) is 2.56. The van der Waals surface area contributed by atoms with Gasteiger partial charge in [-0.15, -0.1) is 0 Å². The summed E-state index contributed by atoms with van der Waals surface area (Å²) in [5.74, 6) is -1.35. The number of ether oxygens (including phenoxy) is 1. The molecule has 3 aromatic rings. The highest BCUT2D eigenvalue weighted by molar-refractivity contribution is 6.33. The minimum Gasteiger partial charge on any atom is -0.381 e. The smallest absolute Gasteiger partial charge is 0.381 e. The molecule has 1 aromatic carbocycles. The third-order valence-corrected chi connectivity index (χ3v) is 5.73. The molecule has 0 unspecified atom stereocenters. The molecule has 0 aliphatic carbocycles. The molecule has 1 fully saturated rings. The summed E-state index contributed by atoms with van der Waals surface area (Å²) in [4.78, 5) is 30.2. The minimum absolute atomic E-state index is 0.0780. The number of aromatic nitrogens is 2. The second-order valence-corrected chi connectivity index (χ2v) is 7.75. The van der Waals surface area contributed by atoms with Crippen molar-refractivity contribution in [3.05, 3.63) is 64.0 Å². The van der Waals surface area contributed by atoms with Crippen LogP contribution in [-0.2, 0) is 10.9 Å². The highest BCUT2D eigenvalue weighted by Crippen LogP contribution is 2.29. The van der Waals surface area contributed by atoms with E-state index in [0.717, 1.165) is 10.5 Å². The SMILES string of the molecule is [B]c1c(C(F)(F)F)nc2c(-c3ccc(C(=O)N(C)C4CCOCC4)c(F)c3)cccn2c1=O. The van der Waals surface area contributed by atoms with Crippen molar-refractivity contribution in [2.24, 2.45) is 0 Å². The van der Waals surface area contributed by atoms with E-state index in [4.69, 9.17) is 12.6 Å². The maximum Gasteiger partial charge on any atom is 0.433 e. The fourth-order valence-electron chi connectivity index (χ4n) is 3.90. The Morgan fingerprint density at radius 1 is 1.24 bits per heavy atom. The van der Waals surface area contributed by atoms with Crippen molar-refractivity contribution >= 4 is 24.9 Å². The van der Waals surface area contributed by atoms with E-state index in [0.29, 0.717) is 26.1 Å². The average molecular weight is 459 g/mol. The lowest BCUT2D eigenvalue weighted by Gasteiger charge is -2.31. The molecule has 170 valence electrons. The van der Waals surface area contributed by atoms with Crippen LogP contribution in [0.2, 0.25) is 0 Å². The van der Waals surface area contributed by atoms with Gasteiger partial charge in [0.05, 0.1) is 5.56 Å². The van der Waals surface area contributed by atoms with E-state index in [9.17, 15) is 27.2 Å². The summed E-state index contributed by atoms with van der Waals surface area (Å²) in [6.07, 6.45) is -2.44. The van der Waals surface area contributed by atoms with Crippen molar-refractivity contribution in [3.63, 3.8) is 0 Å². The Balaban J connectivity index is 1.76. The van der Waals surface area contributed by atoms with Crippen molar-refractivity contribution in [1.82, 2.24) is 14.3 Å². The van der Waals surface area contributed by atoms with Crippen LogP contribution in [-0.4, -0.2) is 54.3 Å². The highest BCUT2D eigenvalue weighted by atomic mass is 19.4. The number of halogens is 4. The minimum atomic E-state index is -4.94. The second kappa shape index (κ2) is 8.62. The summed E-state index contributed by atoms with van der Waals surface area (Å²) in [7, 11) is 6.96. The van der Waals surface area contributed by atoms with Crippen molar-refractivity contribution in [2.75, 3.05) is 20.3 Å². The molecule has 3 heterocycles. The van der Waals surface area contributed by atoms with Crippen LogP contribution in [0.15, 0.2) is 41.3 Å². The van der Waals surface area contributed by atoms with Crippen molar-refractivity contribution in [3.8, 4) is 11.1 Å². The third-order valence-electron chi connectivity index (χ3n) is 5.73. The quantitative estimate of drug-likeness (QED) is 0.447. The summed E-state index contributed by atoms with van der Waals surface area (Å²) in [5.41, 5.74) is -3.89. The van der Waals surface area contributed by atoms with E-state index in [1.807, 2.05) is 0 Å². The molecule has 4 rings (SSSR count). The molecule has 2 aromatic heterocycles. The first-order chi connectivity index (χ1) is 15.6. The molecule has 0 N–H and O–H groups in total. The summed E-state index contributed by atoms with van der Waals surface area (Å²) in [5, 5.41) is 0. The van der Waals surface area contributed by atoms with Gasteiger partial charge in [-0.2, -0.15) is 13.2 Å². The maximum absolute atomic E-state index is 15.0. The molecule has 0 spiro atoms. The summed E-state index contributed by atoms with van der Waals surface area (Å²) in [6.45, 7) is 1.03. The van der Waals surface area contributed by atoms with Gasteiger partial charge >= 0.3 is 6.18 Å². The molecule has 33 heavy (non-hydrogen) atoms. The molecule has 0 saturated carbocycles. The van der Waals surface area contributed by atoms with Gasteiger partial charge in [0.25, 0.3) is 11.5 Å². The first-order valence-electron chi connectivity index (χ1n) is 10.1.